The summed E-state index contributed by atoms with van der Waals surface area (Å²) < 4.78 is 5.24. The van der Waals surface area contributed by atoms with Crippen molar-refractivity contribution in [2.45, 2.75) is 13.0 Å². The van der Waals surface area contributed by atoms with Crippen LogP contribution in [0.4, 0.5) is 5.69 Å². The number of nitrogens with one attached hydrogen (secondary N) is 1. The molecule has 2 aromatic rings. The van der Waals surface area contributed by atoms with E-state index < -0.39 is 16.9 Å². The highest BCUT2D eigenvalue weighted by Crippen LogP contribution is 2.16. The van der Waals surface area contributed by atoms with Gasteiger partial charge < -0.3 is 14.8 Å². The summed E-state index contributed by atoms with van der Waals surface area (Å²) >= 11 is 0. The van der Waals surface area contributed by atoms with Gasteiger partial charge in [-0.15, -0.1) is 0 Å². The number of aliphatic hydroxyl groups excluding tert-OH is 1. The fraction of sp³-hybridized carbons (Fsp3) is 0.214. The summed E-state index contributed by atoms with van der Waals surface area (Å²) in [7, 11) is 0. The molecule has 0 aliphatic rings. The number of benzene rings is 1. The van der Waals surface area contributed by atoms with Crippen LogP contribution in [0.5, 0.6) is 0 Å². The zero-order valence-corrected chi connectivity index (χ0v) is 11.3. The van der Waals surface area contributed by atoms with Gasteiger partial charge in [-0.3, -0.25) is 14.9 Å². The molecule has 2 N–H and O–H groups in total. The first-order valence-electron chi connectivity index (χ1n) is 6.24. The third-order valence-corrected chi connectivity index (χ3v) is 2.86. The monoisotopic (exact) mass is 290 g/mol. The van der Waals surface area contributed by atoms with E-state index in [2.05, 4.69) is 5.32 Å². The molecule has 21 heavy (non-hydrogen) atoms. The number of nitro groups is 1. The molecule has 110 valence electrons. The maximum Gasteiger partial charge on any atom is 0.270 e. The van der Waals surface area contributed by atoms with Gasteiger partial charge >= 0.3 is 0 Å². The number of furan rings is 1. The lowest BCUT2D eigenvalue weighted by molar-refractivity contribution is -0.384. The van der Waals surface area contributed by atoms with Crippen molar-refractivity contribution >= 4 is 11.6 Å². The van der Waals surface area contributed by atoms with E-state index in [1.54, 1.807) is 19.1 Å². The second-order valence-corrected chi connectivity index (χ2v) is 4.48. The Hall–Kier alpha value is -2.67. The summed E-state index contributed by atoms with van der Waals surface area (Å²) in [6.45, 7) is 1.70. The minimum atomic E-state index is -0.971. The number of carbonyl (C=O) groups is 1. The average molecular weight is 290 g/mol. The van der Waals surface area contributed by atoms with E-state index in [1.165, 1.54) is 24.3 Å². The molecule has 1 aromatic heterocycles. The Balaban J connectivity index is 1.98. The highest BCUT2D eigenvalue weighted by atomic mass is 16.6. The SMILES string of the molecule is Cc1ccc(C(O)CNC(=O)c2cccc([N+](=O)[O-])c2)o1. The number of nitro benzene ring substituents is 1. The number of hydrogen-bond donors (Lipinski definition) is 2. The maximum absolute atomic E-state index is 11.9. The number of rotatable bonds is 5. The number of amides is 1. The molecule has 1 aromatic carbocycles. The summed E-state index contributed by atoms with van der Waals surface area (Å²) in [6, 6.07) is 8.71. The molecule has 7 heteroatoms. The van der Waals surface area contributed by atoms with Gasteiger partial charge in [-0.2, -0.15) is 0 Å². The zero-order chi connectivity index (χ0) is 15.4. The normalized spacial score (nSPS) is 11.9. The summed E-state index contributed by atoms with van der Waals surface area (Å²) in [4.78, 5) is 22.0. The quantitative estimate of drug-likeness (QED) is 0.646. The molecular weight excluding hydrogens is 276 g/mol. The first-order valence-corrected chi connectivity index (χ1v) is 6.24. The number of nitrogens with zero attached hydrogens (tertiary/aromatic N) is 1. The number of carbonyl (C=O) groups excluding carboxylic acids is 1. The fourth-order valence-corrected chi connectivity index (χ4v) is 1.79. The first kappa shape index (κ1) is 14.7. The molecule has 1 heterocycles. The van der Waals surface area contributed by atoms with Gasteiger partial charge in [0.15, 0.2) is 0 Å². The molecule has 0 aliphatic carbocycles. The van der Waals surface area contributed by atoms with Crippen molar-refractivity contribution in [3.05, 3.63) is 63.6 Å². The van der Waals surface area contributed by atoms with E-state index >= 15 is 0 Å². The van der Waals surface area contributed by atoms with Crippen LogP contribution in [-0.2, 0) is 0 Å². The van der Waals surface area contributed by atoms with Gasteiger partial charge in [0.25, 0.3) is 11.6 Å². The Morgan fingerprint density at radius 3 is 2.81 bits per heavy atom. The van der Waals surface area contributed by atoms with Crippen molar-refractivity contribution in [1.29, 1.82) is 0 Å². The Bertz CT molecular complexity index is 665. The maximum atomic E-state index is 11.9. The molecular formula is C14H14N2O5. The molecule has 0 fully saturated rings. The molecule has 1 unspecified atom stereocenters. The Labute approximate surface area is 120 Å². The lowest BCUT2D eigenvalue weighted by Gasteiger charge is -2.09. The van der Waals surface area contributed by atoms with E-state index in [1.807, 2.05) is 0 Å². The third-order valence-electron chi connectivity index (χ3n) is 2.86. The number of aliphatic hydroxyl groups is 1. The van der Waals surface area contributed by atoms with Crippen molar-refractivity contribution in [3.8, 4) is 0 Å². The predicted molar refractivity (Wildman–Crippen MR) is 73.8 cm³/mol. The van der Waals surface area contributed by atoms with Gasteiger partial charge in [0.1, 0.15) is 17.6 Å². The Morgan fingerprint density at radius 1 is 1.43 bits per heavy atom. The topological polar surface area (TPSA) is 106 Å². The van der Waals surface area contributed by atoms with Gasteiger partial charge in [-0.25, -0.2) is 0 Å². The van der Waals surface area contributed by atoms with E-state index in [0.717, 1.165) is 0 Å². The standard InChI is InChI=1S/C14H14N2O5/c1-9-5-6-13(21-9)12(17)8-15-14(18)10-3-2-4-11(7-10)16(19)20/h2-7,12,17H,8H2,1H3,(H,15,18). The predicted octanol–water partition coefficient (Wildman–Crippen LogP) is 1.96. The van der Waals surface area contributed by atoms with Gasteiger partial charge in [0.2, 0.25) is 0 Å². The molecule has 0 saturated carbocycles. The summed E-state index contributed by atoms with van der Waals surface area (Å²) in [5.41, 5.74) is -0.00289. The van der Waals surface area contributed by atoms with Crippen molar-refractivity contribution in [1.82, 2.24) is 5.32 Å². The van der Waals surface area contributed by atoms with Crippen LogP contribution in [0.2, 0.25) is 0 Å². The van der Waals surface area contributed by atoms with Gasteiger partial charge in [-0.1, -0.05) is 6.07 Å². The zero-order valence-electron chi connectivity index (χ0n) is 11.3. The van der Waals surface area contributed by atoms with Crippen LogP contribution in [0.15, 0.2) is 40.8 Å². The molecule has 2 rings (SSSR count). The summed E-state index contributed by atoms with van der Waals surface area (Å²) in [5, 5.41) is 23.0. The van der Waals surface area contributed by atoms with E-state index in [9.17, 15) is 20.0 Å². The van der Waals surface area contributed by atoms with E-state index in [4.69, 9.17) is 4.42 Å². The minimum absolute atomic E-state index is 0.0471. The first-order chi connectivity index (χ1) is 9.97. The Morgan fingerprint density at radius 2 is 2.19 bits per heavy atom. The smallest absolute Gasteiger partial charge is 0.270 e. The van der Waals surface area contributed by atoms with Crippen molar-refractivity contribution in [3.63, 3.8) is 0 Å². The molecule has 0 saturated heterocycles. The molecule has 1 amide bonds. The number of hydrogen-bond acceptors (Lipinski definition) is 5. The summed E-state index contributed by atoms with van der Waals surface area (Å²) in [6.07, 6.45) is -0.971. The molecule has 0 spiro atoms. The van der Waals surface area contributed by atoms with Gasteiger partial charge in [0, 0.05) is 17.7 Å². The lowest BCUT2D eigenvalue weighted by atomic mass is 10.2. The van der Waals surface area contributed by atoms with Gasteiger partial charge in [-0.05, 0) is 25.1 Å². The van der Waals surface area contributed by atoms with Crippen LogP contribution in [0, 0.1) is 17.0 Å². The number of non-ortho nitro benzene ring substituents is 1. The third kappa shape index (κ3) is 3.67. The molecule has 0 bridgehead atoms. The van der Waals surface area contributed by atoms with Crippen LogP contribution in [-0.4, -0.2) is 22.5 Å². The number of aryl methyl sites for hydroxylation is 1. The molecule has 0 radical (unpaired) electrons. The van der Waals surface area contributed by atoms with Gasteiger partial charge in [0.05, 0.1) is 11.5 Å². The molecule has 1 atom stereocenters. The second-order valence-electron chi connectivity index (χ2n) is 4.48. The van der Waals surface area contributed by atoms with Crippen molar-refractivity contribution in [2.75, 3.05) is 6.54 Å². The highest BCUT2D eigenvalue weighted by Gasteiger charge is 2.15. The summed E-state index contributed by atoms with van der Waals surface area (Å²) in [5.74, 6) is 0.516. The van der Waals surface area contributed by atoms with E-state index in [-0.39, 0.29) is 17.8 Å². The van der Waals surface area contributed by atoms with E-state index in [0.29, 0.717) is 11.5 Å². The molecule has 7 nitrogen and oxygen atoms in total. The second kappa shape index (κ2) is 6.19. The van der Waals surface area contributed by atoms with Crippen LogP contribution < -0.4 is 5.32 Å². The largest absolute Gasteiger partial charge is 0.464 e. The van der Waals surface area contributed by atoms with Crippen LogP contribution in [0.3, 0.4) is 0 Å². The Kier molecular flexibility index (Phi) is 4.34. The van der Waals surface area contributed by atoms with Crippen molar-refractivity contribution in [2.24, 2.45) is 0 Å². The van der Waals surface area contributed by atoms with Crippen LogP contribution in [0.25, 0.3) is 0 Å². The van der Waals surface area contributed by atoms with Crippen LogP contribution >= 0.6 is 0 Å². The average Bonchev–Trinajstić information content (AvgIpc) is 2.91. The minimum Gasteiger partial charge on any atom is -0.464 e. The lowest BCUT2D eigenvalue weighted by Crippen LogP contribution is -2.28. The van der Waals surface area contributed by atoms with Crippen LogP contribution in [0.1, 0.15) is 28.0 Å². The highest BCUT2D eigenvalue weighted by molar-refractivity contribution is 5.94. The fourth-order valence-electron chi connectivity index (χ4n) is 1.79. The molecule has 0 aliphatic heterocycles. The van der Waals surface area contributed by atoms with Crippen molar-refractivity contribution < 1.29 is 19.2 Å².